The van der Waals surface area contributed by atoms with Crippen molar-refractivity contribution < 1.29 is 23.1 Å². The monoisotopic (exact) mass is 625 g/mol. The van der Waals surface area contributed by atoms with E-state index in [4.69, 9.17) is 16.2 Å². The van der Waals surface area contributed by atoms with Crippen LogP contribution in [0.15, 0.2) is 0 Å². The van der Waals surface area contributed by atoms with E-state index in [0.717, 1.165) is 57.9 Å². The van der Waals surface area contributed by atoms with E-state index in [1.54, 1.807) is 7.11 Å². The van der Waals surface area contributed by atoms with Gasteiger partial charge in [0.15, 0.2) is 0 Å². The van der Waals surface area contributed by atoms with Gasteiger partial charge in [0.1, 0.15) is 12.3 Å². The van der Waals surface area contributed by atoms with Crippen LogP contribution in [0, 0.1) is 17.3 Å². The average Bonchev–Trinajstić information content (AvgIpc) is 3.51. The molecular formula is C32H57F2N7O3. The second-order valence-corrected chi connectivity index (χ2v) is 14.4. The van der Waals surface area contributed by atoms with Crippen molar-refractivity contribution in [2.24, 2.45) is 28.7 Å². The van der Waals surface area contributed by atoms with Gasteiger partial charge in [-0.05, 0) is 76.3 Å². The van der Waals surface area contributed by atoms with Gasteiger partial charge in [0.05, 0.1) is 30.3 Å². The molecule has 0 aromatic heterocycles. The molecule has 252 valence electrons. The Morgan fingerprint density at radius 2 is 1.68 bits per heavy atom. The van der Waals surface area contributed by atoms with E-state index in [1.807, 2.05) is 4.90 Å². The van der Waals surface area contributed by atoms with Crippen molar-refractivity contribution in [3.8, 4) is 0 Å². The van der Waals surface area contributed by atoms with Gasteiger partial charge in [0.25, 0.3) is 0 Å². The second-order valence-electron chi connectivity index (χ2n) is 14.4. The van der Waals surface area contributed by atoms with Gasteiger partial charge < -0.3 is 37.1 Å². The Bertz CT molecular complexity index is 947. The van der Waals surface area contributed by atoms with Gasteiger partial charge in [0, 0.05) is 51.8 Å². The summed E-state index contributed by atoms with van der Waals surface area (Å²) >= 11 is 0. The molecule has 44 heavy (non-hydrogen) atoms. The molecule has 7 atom stereocenters. The predicted molar refractivity (Wildman–Crippen MR) is 166 cm³/mol. The van der Waals surface area contributed by atoms with E-state index in [0.29, 0.717) is 45.4 Å². The number of piperidine rings is 2. The second kappa shape index (κ2) is 15.4. The fourth-order valence-electron chi connectivity index (χ4n) is 8.95. The zero-order chi connectivity index (χ0) is 31.3. The van der Waals surface area contributed by atoms with E-state index in [-0.39, 0.29) is 48.4 Å². The quantitative estimate of drug-likeness (QED) is 0.268. The summed E-state index contributed by atoms with van der Waals surface area (Å²) in [6.45, 7) is 3.38. The number of nitrogens with two attached hydrogens (primary N) is 2. The van der Waals surface area contributed by atoms with Gasteiger partial charge in [-0.3, -0.25) is 14.5 Å². The Hall–Kier alpha value is -1.44. The molecule has 5 aliphatic rings. The molecule has 2 amide bonds. The largest absolute Gasteiger partial charge is 0.380 e. The molecule has 12 heteroatoms. The van der Waals surface area contributed by atoms with E-state index >= 15 is 4.39 Å². The fraction of sp³-hybridized carbons (Fsp3) is 0.938. The van der Waals surface area contributed by atoms with Crippen LogP contribution in [0.25, 0.3) is 0 Å². The third kappa shape index (κ3) is 8.09. The fourth-order valence-corrected chi connectivity index (χ4v) is 8.95. The van der Waals surface area contributed by atoms with Crippen molar-refractivity contribution in [2.75, 3.05) is 52.9 Å². The van der Waals surface area contributed by atoms with E-state index in [2.05, 4.69) is 20.9 Å². The van der Waals surface area contributed by atoms with E-state index < -0.39 is 36.5 Å². The van der Waals surface area contributed by atoms with Crippen LogP contribution in [-0.2, 0) is 14.3 Å². The number of hydrogen-bond acceptors (Lipinski definition) is 8. The summed E-state index contributed by atoms with van der Waals surface area (Å²) in [5, 5.41) is 9.67. The molecule has 1 spiro atoms. The molecule has 0 aromatic carbocycles. The zero-order valence-corrected chi connectivity index (χ0v) is 26.7. The molecule has 1 aliphatic carbocycles. The average molecular weight is 626 g/mol. The maximum atomic E-state index is 15.6. The van der Waals surface area contributed by atoms with Crippen LogP contribution in [0.5, 0.6) is 0 Å². The molecule has 4 heterocycles. The highest BCUT2D eigenvalue weighted by atomic mass is 19.1. The molecule has 4 aliphatic heterocycles. The van der Waals surface area contributed by atoms with Crippen molar-refractivity contribution in [3.63, 3.8) is 0 Å². The van der Waals surface area contributed by atoms with Crippen LogP contribution in [0.1, 0.15) is 77.0 Å². The zero-order valence-electron chi connectivity index (χ0n) is 26.7. The van der Waals surface area contributed by atoms with Gasteiger partial charge in [-0.15, -0.1) is 0 Å². The van der Waals surface area contributed by atoms with E-state index in [9.17, 15) is 14.0 Å². The number of likely N-dealkylation sites (tertiary alicyclic amines) is 2. The first-order valence-electron chi connectivity index (χ1n) is 17.3. The van der Waals surface area contributed by atoms with Crippen molar-refractivity contribution >= 4 is 11.8 Å². The molecule has 7 unspecified atom stereocenters. The smallest absolute Gasteiger partial charge is 0.227 e. The van der Waals surface area contributed by atoms with Crippen molar-refractivity contribution in [1.29, 1.82) is 0 Å². The standard InChI is InChI=1S/C32H57F2N7O3/c1-44-23-9-15-41(20-23)31(43)21-7-13-40(14-8-21)28-24(34)18-37-19-26(28)39-30(42)27(29(35)36)25-16-32(10-3-2-4-11-32)12-5-6-22(33)17-38-25/h21-29,37-38H,2-20,35-36H2,1H3,(H,39,42). The molecule has 5 rings (SSSR count). The van der Waals surface area contributed by atoms with Crippen LogP contribution in [-0.4, -0.2) is 117 Å². The summed E-state index contributed by atoms with van der Waals surface area (Å²) in [5.74, 6) is -0.963. The number of carbonyl (C=O) groups excluding carboxylic acids is 2. The SMILES string of the molecule is COC1CCN(C(=O)C2CCN(C3C(F)CNCC3NC(=O)C(C(N)N)C3CC4(CCCCC4)CCCC(F)CN3)CC2)C1. The van der Waals surface area contributed by atoms with Crippen LogP contribution in [0.3, 0.4) is 0 Å². The van der Waals surface area contributed by atoms with E-state index in [1.165, 1.54) is 6.42 Å². The molecule has 10 nitrogen and oxygen atoms in total. The van der Waals surface area contributed by atoms with Crippen LogP contribution in [0.2, 0.25) is 0 Å². The number of methoxy groups -OCH3 is 1. The lowest BCUT2D eigenvalue weighted by atomic mass is 9.66. The Kier molecular flexibility index (Phi) is 11.9. The molecular weight excluding hydrogens is 568 g/mol. The van der Waals surface area contributed by atoms with Gasteiger partial charge in [-0.1, -0.05) is 19.3 Å². The normalized spacial score (nSPS) is 35.2. The molecule has 0 aromatic rings. The number of carbonyl (C=O) groups is 2. The lowest BCUT2D eigenvalue weighted by molar-refractivity contribution is -0.136. The number of nitrogens with zero attached hydrogens (tertiary/aromatic N) is 2. The van der Waals surface area contributed by atoms with Gasteiger partial charge in [0.2, 0.25) is 11.8 Å². The Labute approximate surface area is 262 Å². The number of nitrogens with one attached hydrogen (secondary N) is 3. The van der Waals surface area contributed by atoms with Crippen molar-refractivity contribution in [1.82, 2.24) is 25.8 Å². The highest BCUT2D eigenvalue weighted by molar-refractivity contribution is 5.81. The first-order chi connectivity index (χ1) is 21.2. The van der Waals surface area contributed by atoms with Crippen molar-refractivity contribution in [2.45, 2.75) is 120 Å². The van der Waals surface area contributed by atoms with Gasteiger partial charge >= 0.3 is 0 Å². The van der Waals surface area contributed by atoms with Gasteiger partial charge in [-0.2, -0.15) is 0 Å². The first-order valence-corrected chi connectivity index (χ1v) is 17.3. The first kappa shape index (κ1) is 33.9. The summed E-state index contributed by atoms with van der Waals surface area (Å²) in [6, 6.07) is -1.34. The molecule has 1 saturated carbocycles. The maximum Gasteiger partial charge on any atom is 0.227 e. The van der Waals surface area contributed by atoms with Crippen LogP contribution < -0.4 is 27.4 Å². The number of halogens is 2. The lowest BCUT2D eigenvalue weighted by Crippen LogP contribution is -2.68. The minimum absolute atomic E-state index is 0.0632. The number of hydrogen-bond donors (Lipinski definition) is 5. The topological polar surface area (TPSA) is 138 Å². The third-order valence-corrected chi connectivity index (χ3v) is 11.4. The molecule has 5 fully saturated rings. The number of alkyl halides is 2. The summed E-state index contributed by atoms with van der Waals surface area (Å²) in [7, 11) is 1.68. The van der Waals surface area contributed by atoms with Crippen LogP contribution >= 0.6 is 0 Å². The summed E-state index contributed by atoms with van der Waals surface area (Å²) in [5.41, 5.74) is 12.7. The minimum atomic E-state index is -1.17. The van der Waals surface area contributed by atoms with Gasteiger partial charge in [-0.25, -0.2) is 8.78 Å². The predicted octanol–water partition coefficient (Wildman–Crippen LogP) is 1.42. The van der Waals surface area contributed by atoms with Crippen molar-refractivity contribution in [3.05, 3.63) is 0 Å². The highest BCUT2D eigenvalue weighted by Gasteiger charge is 2.45. The molecule has 4 saturated heterocycles. The Morgan fingerprint density at radius 3 is 2.36 bits per heavy atom. The summed E-state index contributed by atoms with van der Waals surface area (Å²) < 4.78 is 35.8. The number of amides is 2. The Balaban J connectivity index is 1.24. The highest BCUT2D eigenvalue weighted by Crippen LogP contribution is 2.46. The number of ether oxygens (including phenoxy) is 1. The maximum absolute atomic E-state index is 15.6. The minimum Gasteiger partial charge on any atom is -0.380 e. The summed E-state index contributed by atoms with van der Waals surface area (Å²) in [6.07, 6.45) is 7.96. The summed E-state index contributed by atoms with van der Waals surface area (Å²) in [4.78, 5) is 31.2. The third-order valence-electron chi connectivity index (χ3n) is 11.4. The molecule has 0 radical (unpaired) electrons. The van der Waals surface area contributed by atoms with Crippen LogP contribution in [0.4, 0.5) is 8.78 Å². The molecule has 7 N–H and O–H groups in total. The number of rotatable bonds is 7. The Morgan fingerprint density at radius 1 is 0.955 bits per heavy atom. The lowest BCUT2D eigenvalue weighted by Gasteiger charge is -2.46. The molecule has 0 bridgehead atoms.